The summed E-state index contributed by atoms with van der Waals surface area (Å²) in [7, 11) is 0. The second-order valence-corrected chi connectivity index (χ2v) is 6.16. The minimum Gasteiger partial charge on any atom is -0.389 e. The van der Waals surface area contributed by atoms with Crippen LogP contribution >= 0.6 is 0 Å². The topological polar surface area (TPSA) is 40.5 Å². The number of nitrogens with zero attached hydrogens (tertiary/aromatic N) is 1. The summed E-state index contributed by atoms with van der Waals surface area (Å²) in [4.78, 5) is 14.6. The van der Waals surface area contributed by atoms with E-state index in [9.17, 15) is 9.90 Å². The fourth-order valence-electron chi connectivity index (χ4n) is 2.90. The Balaban J connectivity index is 2.07. The van der Waals surface area contributed by atoms with Crippen LogP contribution in [0, 0.1) is 0 Å². The molecule has 110 valence electrons. The van der Waals surface area contributed by atoms with Crippen LogP contribution in [0.15, 0.2) is 24.3 Å². The molecule has 2 rings (SSSR count). The maximum absolute atomic E-state index is 12.5. The molecule has 0 aromatic heterocycles. The van der Waals surface area contributed by atoms with Crippen LogP contribution in [0.4, 0.5) is 0 Å². The summed E-state index contributed by atoms with van der Waals surface area (Å²) < 4.78 is 0. The predicted octanol–water partition coefficient (Wildman–Crippen LogP) is 2.67. The Kier molecular flexibility index (Phi) is 4.61. The van der Waals surface area contributed by atoms with Crippen LogP contribution in [0.3, 0.4) is 0 Å². The van der Waals surface area contributed by atoms with Crippen molar-refractivity contribution in [2.45, 2.75) is 51.7 Å². The minimum atomic E-state index is -0.668. The van der Waals surface area contributed by atoms with Crippen LogP contribution < -0.4 is 0 Å². The summed E-state index contributed by atoms with van der Waals surface area (Å²) in [6.07, 6.45) is 2.74. The first-order valence-corrected chi connectivity index (χ1v) is 7.52. The normalized spacial score (nSPS) is 25.4. The van der Waals surface area contributed by atoms with Gasteiger partial charge in [0.25, 0.3) is 0 Å². The first kappa shape index (κ1) is 15.2. The summed E-state index contributed by atoms with van der Waals surface area (Å²) in [5.41, 5.74) is 1.34. The van der Waals surface area contributed by atoms with Gasteiger partial charge in [0.05, 0.1) is 11.6 Å². The summed E-state index contributed by atoms with van der Waals surface area (Å²) in [6.45, 7) is 7.36. The van der Waals surface area contributed by atoms with Gasteiger partial charge in [-0.15, -0.1) is 0 Å². The molecule has 1 fully saturated rings. The zero-order valence-electron chi connectivity index (χ0n) is 12.7. The van der Waals surface area contributed by atoms with Crippen molar-refractivity contribution in [1.82, 2.24) is 4.90 Å². The second kappa shape index (κ2) is 6.06. The Hall–Kier alpha value is -1.19. The van der Waals surface area contributed by atoms with E-state index in [1.807, 2.05) is 38.1 Å². The van der Waals surface area contributed by atoms with E-state index in [-0.39, 0.29) is 11.8 Å². The number of likely N-dealkylation sites (tertiary alicyclic amines) is 1. The van der Waals surface area contributed by atoms with Crippen molar-refractivity contribution in [1.29, 1.82) is 0 Å². The molecular formula is C17H25NO2. The van der Waals surface area contributed by atoms with Crippen LogP contribution in [0.5, 0.6) is 0 Å². The number of piperidine rings is 1. The van der Waals surface area contributed by atoms with Gasteiger partial charge >= 0.3 is 0 Å². The van der Waals surface area contributed by atoms with Crippen molar-refractivity contribution in [2.24, 2.45) is 0 Å². The van der Waals surface area contributed by atoms with Crippen molar-refractivity contribution >= 4 is 5.78 Å². The summed E-state index contributed by atoms with van der Waals surface area (Å²) in [5.74, 6) is 0.144. The fourth-order valence-corrected chi connectivity index (χ4v) is 2.90. The van der Waals surface area contributed by atoms with Crippen LogP contribution in [0.2, 0.25) is 0 Å². The number of carbonyl (C=O) groups is 1. The minimum absolute atomic E-state index is 0.144. The average Bonchev–Trinajstić information content (AvgIpc) is 2.45. The predicted molar refractivity (Wildman–Crippen MR) is 81.0 cm³/mol. The summed E-state index contributed by atoms with van der Waals surface area (Å²) >= 11 is 0. The van der Waals surface area contributed by atoms with Gasteiger partial charge in [0, 0.05) is 12.1 Å². The van der Waals surface area contributed by atoms with Crippen molar-refractivity contribution in [3.63, 3.8) is 0 Å². The highest BCUT2D eigenvalue weighted by Gasteiger charge is 2.33. The van der Waals surface area contributed by atoms with Crippen molar-refractivity contribution in [2.75, 3.05) is 13.1 Å². The van der Waals surface area contributed by atoms with Crippen LogP contribution in [-0.4, -0.2) is 40.5 Å². The van der Waals surface area contributed by atoms with Gasteiger partial charge in [0.15, 0.2) is 5.78 Å². The molecular weight excluding hydrogens is 250 g/mol. The summed E-state index contributed by atoms with van der Waals surface area (Å²) in [5, 5.41) is 10.2. The SMILES string of the molecule is CCc1ccc(C(=O)C(C)N2CCCC(C)(O)C2)cc1. The van der Waals surface area contributed by atoms with Gasteiger partial charge in [-0.1, -0.05) is 31.2 Å². The van der Waals surface area contributed by atoms with E-state index in [0.29, 0.717) is 6.54 Å². The highest BCUT2D eigenvalue weighted by molar-refractivity contribution is 5.99. The smallest absolute Gasteiger partial charge is 0.179 e. The number of hydrogen-bond donors (Lipinski definition) is 1. The molecule has 2 atom stereocenters. The first-order valence-electron chi connectivity index (χ1n) is 7.52. The zero-order chi connectivity index (χ0) is 14.8. The van der Waals surface area contributed by atoms with E-state index in [1.54, 1.807) is 0 Å². The first-order chi connectivity index (χ1) is 9.43. The van der Waals surface area contributed by atoms with Crippen LogP contribution in [-0.2, 0) is 6.42 Å². The number of aryl methyl sites for hydroxylation is 1. The van der Waals surface area contributed by atoms with Crippen LogP contribution in [0.25, 0.3) is 0 Å². The lowest BCUT2D eigenvalue weighted by atomic mass is 9.92. The van der Waals surface area contributed by atoms with Gasteiger partial charge in [0.2, 0.25) is 0 Å². The molecule has 0 saturated carbocycles. The molecule has 1 aliphatic heterocycles. The molecule has 0 radical (unpaired) electrons. The van der Waals surface area contributed by atoms with E-state index < -0.39 is 5.60 Å². The van der Waals surface area contributed by atoms with E-state index in [2.05, 4.69) is 11.8 Å². The molecule has 1 aromatic rings. The Labute approximate surface area is 121 Å². The second-order valence-electron chi connectivity index (χ2n) is 6.16. The Morgan fingerprint density at radius 3 is 2.60 bits per heavy atom. The average molecular weight is 275 g/mol. The van der Waals surface area contributed by atoms with Crippen LogP contribution in [0.1, 0.15) is 49.5 Å². The number of aliphatic hydroxyl groups is 1. The van der Waals surface area contributed by atoms with Crippen molar-refractivity contribution in [3.05, 3.63) is 35.4 Å². The Morgan fingerprint density at radius 1 is 1.40 bits per heavy atom. The molecule has 3 nitrogen and oxygen atoms in total. The molecule has 0 amide bonds. The van der Waals surface area contributed by atoms with Gasteiger partial charge in [0.1, 0.15) is 0 Å². The van der Waals surface area contributed by atoms with Crippen molar-refractivity contribution < 1.29 is 9.90 Å². The highest BCUT2D eigenvalue weighted by Crippen LogP contribution is 2.23. The standard InChI is InChI=1S/C17H25NO2/c1-4-14-6-8-15(9-7-14)16(19)13(2)18-11-5-10-17(3,20)12-18/h6-9,13,20H,4-5,10-12H2,1-3H3. The molecule has 20 heavy (non-hydrogen) atoms. The van der Waals surface area contributed by atoms with E-state index in [4.69, 9.17) is 0 Å². The monoisotopic (exact) mass is 275 g/mol. The lowest BCUT2D eigenvalue weighted by Crippen LogP contribution is -2.51. The Bertz CT molecular complexity index is 464. The van der Waals surface area contributed by atoms with E-state index in [0.717, 1.165) is 31.4 Å². The zero-order valence-corrected chi connectivity index (χ0v) is 12.7. The molecule has 0 spiro atoms. The maximum Gasteiger partial charge on any atom is 0.179 e. The molecule has 2 unspecified atom stereocenters. The third kappa shape index (κ3) is 3.47. The largest absolute Gasteiger partial charge is 0.389 e. The molecule has 3 heteroatoms. The van der Waals surface area contributed by atoms with Gasteiger partial charge in [-0.05, 0) is 45.2 Å². The molecule has 1 saturated heterocycles. The highest BCUT2D eigenvalue weighted by atomic mass is 16.3. The third-order valence-corrected chi connectivity index (χ3v) is 4.28. The number of benzene rings is 1. The number of hydrogen-bond acceptors (Lipinski definition) is 3. The molecule has 1 aliphatic rings. The molecule has 1 N–H and O–H groups in total. The molecule has 0 aliphatic carbocycles. The van der Waals surface area contributed by atoms with E-state index >= 15 is 0 Å². The van der Waals surface area contributed by atoms with Gasteiger partial charge in [-0.2, -0.15) is 0 Å². The lowest BCUT2D eigenvalue weighted by Gasteiger charge is -2.39. The van der Waals surface area contributed by atoms with Gasteiger partial charge in [-0.25, -0.2) is 0 Å². The summed E-state index contributed by atoms with van der Waals surface area (Å²) in [6, 6.07) is 7.70. The van der Waals surface area contributed by atoms with E-state index in [1.165, 1.54) is 5.56 Å². The molecule has 1 aromatic carbocycles. The van der Waals surface area contributed by atoms with Crippen molar-refractivity contribution in [3.8, 4) is 0 Å². The van der Waals surface area contributed by atoms with Gasteiger partial charge < -0.3 is 5.11 Å². The van der Waals surface area contributed by atoms with Gasteiger partial charge in [-0.3, -0.25) is 9.69 Å². The quantitative estimate of drug-likeness (QED) is 0.859. The number of Topliss-reactive ketones (excluding diaryl/α,β-unsaturated/α-hetero) is 1. The fraction of sp³-hybridized carbons (Fsp3) is 0.588. The number of β-amino-alcohol motifs (C(OH)–C–C–N with tert-alkyl or cyclic N) is 1. The number of carbonyl (C=O) groups excluding carboxylic acids is 1. The third-order valence-electron chi connectivity index (χ3n) is 4.28. The number of ketones is 1. The number of rotatable bonds is 4. The Morgan fingerprint density at radius 2 is 2.05 bits per heavy atom. The molecule has 0 bridgehead atoms. The maximum atomic E-state index is 12.5. The lowest BCUT2D eigenvalue weighted by molar-refractivity contribution is -0.0242. The molecule has 1 heterocycles.